The van der Waals surface area contributed by atoms with Gasteiger partial charge in [-0.1, -0.05) is 16.8 Å². The van der Waals surface area contributed by atoms with Crippen LogP contribution >= 0.6 is 11.6 Å². The maximum Gasteiger partial charge on any atom is 0.270 e. The summed E-state index contributed by atoms with van der Waals surface area (Å²) in [7, 11) is 0. The predicted molar refractivity (Wildman–Crippen MR) is 65.8 cm³/mol. The highest BCUT2D eigenvalue weighted by Crippen LogP contribution is 2.29. The Morgan fingerprint density at radius 2 is 2.26 bits per heavy atom. The second-order valence-corrected chi connectivity index (χ2v) is 4.22. The summed E-state index contributed by atoms with van der Waals surface area (Å²) in [4.78, 5) is 25.0. The molecule has 0 saturated carbocycles. The molecule has 1 aromatic carbocycles. The Morgan fingerprint density at radius 3 is 2.84 bits per heavy atom. The molecule has 7 nitrogen and oxygen atoms in total. The standard InChI is InChI=1S/C11H8ClN3O4/c1-6(16)4-10-13-11(14-19-10)8-3-2-7(15(17)18)5-9(8)12/h2-3,5H,4H2,1H3. The van der Waals surface area contributed by atoms with Crippen LogP contribution in [0, 0.1) is 10.1 Å². The van der Waals surface area contributed by atoms with Crippen LogP contribution in [-0.2, 0) is 11.2 Å². The summed E-state index contributed by atoms with van der Waals surface area (Å²) in [5, 5.41) is 14.4. The molecule has 0 aliphatic heterocycles. The van der Waals surface area contributed by atoms with Crippen LogP contribution in [0.4, 0.5) is 5.69 Å². The number of halogens is 1. The van der Waals surface area contributed by atoms with Crippen LogP contribution in [0.25, 0.3) is 11.4 Å². The highest BCUT2D eigenvalue weighted by Gasteiger charge is 2.16. The number of non-ortho nitro benzene ring substituents is 1. The van der Waals surface area contributed by atoms with E-state index < -0.39 is 4.92 Å². The summed E-state index contributed by atoms with van der Waals surface area (Å²) in [6.45, 7) is 1.41. The minimum Gasteiger partial charge on any atom is -0.338 e. The number of carbonyl (C=O) groups excluding carboxylic acids is 1. The number of nitrogens with zero attached hydrogens (tertiary/aromatic N) is 3. The first kappa shape index (κ1) is 13.2. The van der Waals surface area contributed by atoms with Gasteiger partial charge in [-0.05, 0) is 13.0 Å². The van der Waals surface area contributed by atoms with E-state index in [-0.39, 0.29) is 34.6 Å². The lowest BCUT2D eigenvalue weighted by Crippen LogP contribution is -1.96. The minimum absolute atomic E-state index is 0.0393. The van der Waals surface area contributed by atoms with Gasteiger partial charge in [0.2, 0.25) is 11.7 Å². The van der Waals surface area contributed by atoms with E-state index in [9.17, 15) is 14.9 Å². The van der Waals surface area contributed by atoms with Crippen LogP contribution in [0.2, 0.25) is 5.02 Å². The third-order valence-electron chi connectivity index (χ3n) is 2.27. The number of ketones is 1. The van der Waals surface area contributed by atoms with E-state index in [1.165, 1.54) is 25.1 Å². The van der Waals surface area contributed by atoms with Crippen molar-refractivity contribution in [2.45, 2.75) is 13.3 Å². The zero-order chi connectivity index (χ0) is 14.0. The van der Waals surface area contributed by atoms with Gasteiger partial charge < -0.3 is 4.52 Å². The fourth-order valence-electron chi connectivity index (χ4n) is 1.45. The zero-order valence-corrected chi connectivity index (χ0v) is 10.5. The normalized spacial score (nSPS) is 10.4. The molecule has 0 aliphatic rings. The van der Waals surface area contributed by atoms with Crippen LogP contribution in [0.3, 0.4) is 0 Å². The molecular formula is C11H8ClN3O4. The Bertz CT molecular complexity index is 653. The van der Waals surface area contributed by atoms with Crippen molar-refractivity contribution in [2.24, 2.45) is 0 Å². The van der Waals surface area contributed by atoms with Crippen molar-refractivity contribution in [1.82, 2.24) is 10.1 Å². The van der Waals surface area contributed by atoms with E-state index in [2.05, 4.69) is 10.1 Å². The van der Waals surface area contributed by atoms with Gasteiger partial charge in [-0.15, -0.1) is 0 Å². The van der Waals surface area contributed by atoms with Crippen LogP contribution in [0.5, 0.6) is 0 Å². The van der Waals surface area contributed by atoms with Gasteiger partial charge in [0, 0.05) is 17.7 Å². The zero-order valence-electron chi connectivity index (χ0n) is 9.79. The van der Waals surface area contributed by atoms with Crippen molar-refractivity contribution in [3.8, 4) is 11.4 Å². The van der Waals surface area contributed by atoms with E-state index in [1.54, 1.807) is 0 Å². The molecule has 19 heavy (non-hydrogen) atoms. The van der Waals surface area contributed by atoms with Crippen LogP contribution in [0.1, 0.15) is 12.8 Å². The van der Waals surface area contributed by atoms with Crippen molar-refractivity contribution in [3.05, 3.63) is 39.2 Å². The van der Waals surface area contributed by atoms with Gasteiger partial charge in [-0.2, -0.15) is 4.98 Å². The lowest BCUT2D eigenvalue weighted by Gasteiger charge is -1.98. The highest BCUT2D eigenvalue weighted by molar-refractivity contribution is 6.33. The lowest BCUT2D eigenvalue weighted by atomic mass is 10.2. The van der Waals surface area contributed by atoms with E-state index >= 15 is 0 Å². The summed E-state index contributed by atoms with van der Waals surface area (Å²) in [6.07, 6.45) is 0.0393. The number of benzene rings is 1. The van der Waals surface area contributed by atoms with Gasteiger partial charge in [0.25, 0.3) is 5.69 Å². The monoisotopic (exact) mass is 281 g/mol. The average molecular weight is 282 g/mol. The SMILES string of the molecule is CC(=O)Cc1nc(-c2ccc([N+](=O)[O-])cc2Cl)no1. The fourth-order valence-corrected chi connectivity index (χ4v) is 1.71. The maximum absolute atomic E-state index is 10.9. The molecule has 1 aromatic heterocycles. The van der Waals surface area contributed by atoms with E-state index in [1.807, 2.05) is 0 Å². The second kappa shape index (κ2) is 5.15. The number of nitro groups is 1. The molecule has 0 radical (unpaired) electrons. The third kappa shape index (κ3) is 2.94. The molecule has 0 atom stereocenters. The number of hydrogen-bond donors (Lipinski definition) is 0. The van der Waals surface area contributed by atoms with Crippen molar-refractivity contribution in [1.29, 1.82) is 0 Å². The van der Waals surface area contributed by atoms with E-state index in [0.29, 0.717) is 5.56 Å². The number of rotatable bonds is 4. The van der Waals surface area contributed by atoms with Crippen molar-refractivity contribution in [3.63, 3.8) is 0 Å². The number of nitro benzene ring substituents is 1. The first-order valence-electron chi connectivity index (χ1n) is 5.23. The van der Waals surface area contributed by atoms with Crippen LogP contribution in [0.15, 0.2) is 22.7 Å². The molecular weight excluding hydrogens is 274 g/mol. The summed E-state index contributed by atoms with van der Waals surface area (Å²) in [5.41, 5.74) is 0.284. The molecule has 8 heteroatoms. The van der Waals surface area contributed by atoms with Gasteiger partial charge in [0.15, 0.2) is 0 Å². The number of Topliss-reactive ketones (excluding diaryl/α,β-unsaturated/α-hetero) is 1. The van der Waals surface area contributed by atoms with Crippen molar-refractivity contribution in [2.75, 3.05) is 0 Å². The van der Waals surface area contributed by atoms with Crippen molar-refractivity contribution >= 4 is 23.1 Å². The van der Waals surface area contributed by atoms with Gasteiger partial charge in [0.1, 0.15) is 5.78 Å². The number of hydrogen-bond acceptors (Lipinski definition) is 6. The van der Waals surface area contributed by atoms with Crippen molar-refractivity contribution < 1.29 is 14.2 Å². The molecule has 1 heterocycles. The number of aromatic nitrogens is 2. The lowest BCUT2D eigenvalue weighted by molar-refractivity contribution is -0.384. The number of carbonyl (C=O) groups is 1. The smallest absolute Gasteiger partial charge is 0.270 e. The Kier molecular flexibility index (Phi) is 3.57. The molecule has 2 rings (SSSR count). The van der Waals surface area contributed by atoms with Crippen LogP contribution < -0.4 is 0 Å². The molecule has 0 fully saturated rings. The second-order valence-electron chi connectivity index (χ2n) is 3.81. The molecule has 2 aromatic rings. The summed E-state index contributed by atoms with van der Waals surface area (Å²) in [6, 6.07) is 3.93. The Labute approximate surface area is 112 Å². The molecule has 0 amide bonds. The topological polar surface area (TPSA) is 99.1 Å². The predicted octanol–water partition coefficient (Wildman–Crippen LogP) is 2.43. The Hall–Kier alpha value is -2.28. The van der Waals surface area contributed by atoms with Gasteiger partial charge in [-0.25, -0.2) is 0 Å². The molecule has 98 valence electrons. The van der Waals surface area contributed by atoms with Gasteiger partial charge in [-0.3, -0.25) is 14.9 Å². The van der Waals surface area contributed by atoms with Gasteiger partial charge >= 0.3 is 0 Å². The third-order valence-corrected chi connectivity index (χ3v) is 2.59. The maximum atomic E-state index is 10.9. The summed E-state index contributed by atoms with van der Waals surface area (Å²) in [5.74, 6) is 0.262. The first-order valence-corrected chi connectivity index (χ1v) is 5.61. The fraction of sp³-hybridized carbons (Fsp3) is 0.182. The summed E-state index contributed by atoms with van der Waals surface area (Å²) >= 11 is 5.93. The molecule has 0 aliphatic carbocycles. The average Bonchev–Trinajstić information content (AvgIpc) is 2.76. The quantitative estimate of drug-likeness (QED) is 0.630. The largest absolute Gasteiger partial charge is 0.338 e. The Morgan fingerprint density at radius 1 is 1.53 bits per heavy atom. The summed E-state index contributed by atoms with van der Waals surface area (Å²) < 4.78 is 4.89. The highest BCUT2D eigenvalue weighted by atomic mass is 35.5. The van der Waals surface area contributed by atoms with E-state index in [0.717, 1.165) is 0 Å². The molecule has 0 bridgehead atoms. The first-order chi connectivity index (χ1) is 8.97. The van der Waals surface area contributed by atoms with Gasteiger partial charge in [0.05, 0.1) is 16.4 Å². The molecule has 0 N–H and O–H groups in total. The Balaban J connectivity index is 2.34. The van der Waals surface area contributed by atoms with E-state index in [4.69, 9.17) is 16.1 Å². The van der Waals surface area contributed by atoms with Crippen LogP contribution in [-0.4, -0.2) is 20.8 Å². The molecule has 0 saturated heterocycles. The molecule has 0 unspecified atom stereocenters. The molecule has 0 spiro atoms. The minimum atomic E-state index is -0.549.